The number of rotatable bonds is 6. The van der Waals surface area contributed by atoms with Crippen LogP contribution in [0.15, 0.2) is 40.9 Å². The van der Waals surface area contributed by atoms with E-state index in [1.54, 1.807) is 0 Å². The maximum atomic E-state index is 5.52. The normalized spacial score (nSPS) is 18.2. The van der Waals surface area contributed by atoms with E-state index in [4.69, 9.17) is 4.52 Å². The molecular weight excluding hydrogens is 286 g/mol. The van der Waals surface area contributed by atoms with E-state index in [1.807, 2.05) is 24.3 Å². The van der Waals surface area contributed by atoms with Gasteiger partial charge in [-0.1, -0.05) is 35.5 Å². The average molecular weight is 313 g/mol. The minimum atomic E-state index is 0.200. The van der Waals surface area contributed by atoms with Crippen LogP contribution < -0.4 is 5.32 Å². The maximum absolute atomic E-state index is 5.52. The third-order valence-electron chi connectivity index (χ3n) is 4.87. The Bertz CT molecular complexity index is 588. The lowest BCUT2D eigenvalue weighted by Crippen LogP contribution is -2.32. The lowest BCUT2D eigenvalue weighted by atomic mass is 9.94. The zero-order chi connectivity index (χ0) is 16.1. The van der Waals surface area contributed by atoms with Gasteiger partial charge < -0.3 is 14.7 Å². The van der Waals surface area contributed by atoms with Crippen molar-refractivity contribution in [3.05, 3.63) is 42.2 Å². The highest BCUT2D eigenvalue weighted by Crippen LogP contribution is 2.23. The first-order valence-electron chi connectivity index (χ1n) is 8.66. The second-order valence-electron chi connectivity index (χ2n) is 6.69. The first-order valence-corrected chi connectivity index (χ1v) is 8.66. The van der Waals surface area contributed by atoms with Crippen molar-refractivity contribution in [2.45, 2.75) is 32.2 Å². The van der Waals surface area contributed by atoms with Gasteiger partial charge in [-0.15, -0.1) is 0 Å². The Hall–Kier alpha value is -1.65. The molecule has 0 radical (unpaired) electrons. The topological polar surface area (TPSA) is 41.3 Å². The fraction of sp³-hybridized carbons (Fsp3) is 0.526. The van der Waals surface area contributed by atoms with Gasteiger partial charge in [0.1, 0.15) is 5.69 Å². The molecule has 1 aliphatic rings. The van der Waals surface area contributed by atoms with E-state index in [9.17, 15) is 0 Å². The van der Waals surface area contributed by atoms with Gasteiger partial charge in [0.2, 0.25) is 0 Å². The van der Waals surface area contributed by atoms with E-state index in [-0.39, 0.29) is 6.04 Å². The molecule has 0 amide bonds. The van der Waals surface area contributed by atoms with Crippen LogP contribution in [-0.2, 0) is 0 Å². The molecule has 3 rings (SSSR count). The fourth-order valence-corrected chi connectivity index (χ4v) is 3.19. The second-order valence-corrected chi connectivity index (χ2v) is 6.69. The van der Waals surface area contributed by atoms with Crippen molar-refractivity contribution in [2.75, 3.05) is 26.7 Å². The van der Waals surface area contributed by atoms with E-state index >= 15 is 0 Å². The first kappa shape index (κ1) is 16.2. The number of likely N-dealkylation sites (tertiary alicyclic amines) is 1. The van der Waals surface area contributed by atoms with Crippen molar-refractivity contribution >= 4 is 0 Å². The van der Waals surface area contributed by atoms with Crippen LogP contribution >= 0.6 is 0 Å². The molecule has 4 heteroatoms. The average Bonchev–Trinajstić information content (AvgIpc) is 3.07. The zero-order valence-corrected chi connectivity index (χ0v) is 14.2. The SMILES string of the molecule is CC(NCCC1CCN(C)CC1)c1cc(-c2ccccc2)no1. The molecule has 1 atom stereocenters. The summed E-state index contributed by atoms with van der Waals surface area (Å²) in [6, 6.07) is 12.4. The molecule has 1 unspecified atom stereocenters. The Morgan fingerprint density at radius 1 is 1.26 bits per heavy atom. The Balaban J connectivity index is 1.47. The van der Waals surface area contributed by atoms with Crippen LogP contribution in [0.2, 0.25) is 0 Å². The molecule has 0 saturated carbocycles. The summed E-state index contributed by atoms with van der Waals surface area (Å²) in [4.78, 5) is 2.42. The molecule has 23 heavy (non-hydrogen) atoms. The predicted molar refractivity (Wildman–Crippen MR) is 93.2 cm³/mol. The largest absolute Gasteiger partial charge is 0.359 e. The lowest BCUT2D eigenvalue weighted by Gasteiger charge is -2.29. The smallest absolute Gasteiger partial charge is 0.153 e. The highest BCUT2D eigenvalue weighted by Gasteiger charge is 2.17. The Morgan fingerprint density at radius 3 is 2.74 bits per heavy atom. The van der Waals surface area contributed by atoms with Gasteiger partial charge in [-0.25, -0.2) is 0 Å². The predicted octanol–water partition coefficient (Wildman–Crippen LogP) is 3.72. The molecule has 1 aromatic heterocycles. The van der Waals surface area contributed by atoms with Crippen molar-refractivity contribution < 1.29 is 4.52 Å². The summed E-state index contributed by atoms with van der Waals surface area (Å²) in [6.45, 7) is 5.66. The molecule has 124 valence electrons. The summed E-state index contributed by atoms with van der Waals surface area (Å²) in [6.07, 6.45) is 3.90. The number of hydrogen-bond acceptors (Lipinski definition) is 4. The monoisotopic (exact) mass is 313 g/mol. The third kappa shape index (κ3) is 4.43. The Kier molecular flexibility index (Phi) is 5.47. The van der Waals surface area contributed by atoms with Gasteiger partial charge in [0.15, 0.2) is 5.76 Å². The summed E-state index contributed by atoms with van der Waals surface area (Å²) >= 11 is 0. The third-order valence-corrected chi connectivity index (χ3v) is 4.87. The number of aromatic nitrogens is 1. The molecule has 2 heterocycles. The molecule has 1 aliphatic heterocycles. The van der Waals surface area contributed by atoms with Gasteiger partial charge in [0.25, 0.3) is 0 Å². The number of piperidine rings is 1. The van der Waals surface area contributed by atoms with Crippen LogP contribution in [0.25, 0.3) is 11.3 Å². The number of nitrogens with zero attached hydrogens (tertiary/aromatic N) is 2. The molecule has 2 aromatic rings. The number of hydrogen-bond donors (Lipinski definition) is 1. The molecule has 0 spiro atoms. The molecule has 0 aliphatic carbocycles. The van der Waals surface area contributed by atoms with Crippen LogP contribution in [-0.4, -0.2) is 36.7 Å². The lowest BCUT2D eigenvalue weighted by molar-refractivity contribution is 0.210. The zero-order valence-electron chi connectivity index (χ0n) is 14.2. The van der Waals surface area contributed by atoms with Crippen LogP contribution in [0, 0.1) is 5.92 Å². The Morgan fingerprint density at radius 2 is 2.00 bits per heavy atom. The van der Waals surface area contributed by atoms with Crippen molar-refractivity contribution in [3.63, 3.8) is 0 Å². The summed E-state index contributed by atoms with van der Waals surface area (Å²) in [7, 11) is 2.21. The van der Waals surface area contributed by atoms with Crippen molar-refractivity contribution in [2.24, 2.45) is 5.92 Å². The highest BCUT2D eigenvalue weighted by atomic mass is 16.5. The standard InChI is InChI=1S/C19H27N3O/c1-15(20-11-8-16-9-12-22(2)13-10-16)19-14-18(21-23-19)17-6-4-3-5-7-17/h3-7,14-16,20H,8-13H2,1-2H3. The molecule has 1 aromatic carbocycles. The molecular formula is C19H27N3O. The fourth-order valence-electron chi connectivity index (χ4n) is 3.19. The van der Waals surface area contributed by atoms with Crippen molar-refractivity contribution in [3.8, 4) is 11.3 Å². The minimum absolute atomic E-state index is 0.200. The molecule has 1 fully saturated rings. The van der Waals surface area contributed by atoms with Gasteiger partial charge in [-0.2, -0.15) is 0 Å². The van der Waals surface area contributed by atoms with E-state index < -0.39 is 0 Å². The molecule has 4 nitrogen and oxygen atoms in total. The first-order chi connectivity index (χ1) is 11.2. The maximum Gasteiger partial charge on any atom is 0.153 e. The van der Waals surface area contributed by atoms with Gasteiger partial charge in [0, 0.05) is 11.6 Å². The van der Waals surface area contributed by atoms with Gasteiger partial charge in [0.05, 0.1) is 6.04 Å². The summed E-state index contributed by atoms with van der Waals surface area (Å²) < 4.78 is 5.52. The van der Waals surface area contributed by atoms with E-state index in [1.165, 1.54) is 32.4 Å². The molecule has 1 N–H and O–H groups in total. The summed E-state index contributed by atoms with van der Waals surface area (Å²) in [5.41, 5.74) is 2.01. The quantitative estimate of drug-likeness (QED) is 0.882. The Labute approximate surface area is 138 Å². The highest BCUT2D eigenvalue weighted by molar-refractivity contribution is 5.58. The van der Waals surface area contributed by atoms with E-state index in [2.05, 4.69) is 41.5 Å². The van der Waals surface area contributed by atoms with Gasteiger partial charge >= 0.3 is 0 Å². The van der Waals surface area contributed by atoms with Gasteiger partial charge in [-0.3, -0.25) is 0 Å². The minimum Gasteiger partial charge on any atom is -0.359 e. The van der Waals surface area contributed by atoms with Crippen molar-refractivity contribution in [1.29, 1.82) is 0 Å². The van der Waals surface area contributed by atoms with Crippen LogP contribution in [0.5, 0.6) is 0 Å². The van der Waals surface area contributed by atoms with Crippen molar-refractivity contribution in [1.82, 2.24) is 15.4 Å². The summed E-state index contributed by atoms with van der Waals surface area (Å²) in [5, 5.41) is 7.77. The van der Waals surface area contributed by atoms with E-state index in [0.717, 1.165) is 29.5 Å². The molecule has 1 saturated heterocycles. The van der Waals surface area contributed by atoms with Crippen LogP contribution in [0.1, 0.15) is 38.0 Å². The molecule has 0 bridgehead atoms. The van der Waals surface area contributed by atoms with Crippen LogP contribution in [0.4, 0.5) is 0 Å². The summed E-state index contributed by atoms with van der Waals surface area (Å²) in [5.74, 6) is 1.77. The number of nitrogens with one attached hydrogen (secondary N) is 1. The van der Waals surface area contributed by atoms with E-state index in [0.29, 0.717) is 0 Å². The second kappa shape index (κ2) is 7.75. The van der Waals surface area contributed by atoms with Gasteiger partial charge in [-0.05, 0) is 58.8 Å². The number of benzene rings is 1. The van der Waals surface area contributed by atoms with Crippen LogP contribution in [0.3, 0.4) is 0 Å².